The second-order valence-electron chi connectivity index (χ2n) is 5.92. The van der Waals surface area contributed by atoms with E-state index < -0.39 is 5.97 Å². The molecule has 0 aliphatic rings. The van der Waals surface area contributed by atoms with Crippen molar-refractivity contribution in [3.63, 3.8) is 0 Å². The van der Waals surface area contributed by atoms with E-state index in [0.717, 1.165) is 17.1 Å². The number of hydrogen-bond acceptors (Lipinski definition) is 7. The van der Waals surface area contributed by atoms with Crippen molar-refractivity contribution in [1.29, 1.82) is 5.26 Å². The van der Waals surface area contributed by atoms with Crippen LogP contribution in [0.3, 0.4) is 0 Å². The van der Waals surface area contributed by atoms with Crippen molar-refractivity contribution in [3.8, 4) is 11.8 Å². The highest BCUT2D eigenvalue weighted by Crippen LogP contribution is 2.26. The van der Waals surface area contributed by atoms with Crippen molar-refractivity contribution in [2.45, 2.75) is 13.8 Å². The first-order chi connectivity index (χ1) is 12.9. The molecule has 0 aliphatic carbocycles. The Labute approximate surface area is 156 Å². The van der Waals surface area contributed by atoms with Crippen LogP contribution in [0.1, 0.15) is 27.4 Å². The van der Waals surface area contributed by atoms with Crippen molar-refractivity contribution < 1.29 is 9.53 Å². The van der Waals surface area contributed by atoms with Gasteiger partial charge in [-0.2, -0.15) is 5.26 Å². The van der Waals surface area contributed by atoms with Crippen LogP contribution in [0.25, 0.3) is 5.69 Å². The highest BCUT2D eigenvalue weighted by Gasteiger charge is 2.21. The third-order valence-corrected chi connectivity index (χ3v) is 3.93. The Hall–Kier alpha value is -3.86. The monoisotopic (exact) mass is 362 g/mol. The van der Waals surface area contributed by atoms with E-state index in [4.69, 9.17) is 10.5 Å². The first-order valence-electron chi connectivity index (χ1n) is 8.12. The predicted molar refractivity (Wildman–Crippen MR) is 101 cm³/mol. The summed E-state index contributed by atoms with van der Waals surface area (Å²) in [6.45, 7) is 3.81. The van der Waals surface area contributed by atoms with Gasteiger partial charge >= 0.3 is 5.97 Å². The van der Waals surface area contributed by atoms with Gasteiger partial charge in [-0.25, -0.2) is 14.8 Å². The van der Waals surface area contributed by atoms with E-state index in [0.29, 0.717) is 11.6 Å². The smallest absolute Gasteiger partial charge is 0.357 e. The van der Waals surface area contributed by atoms with E-state index in [9.17, 15) is 10.1 Å². The molecular weight excluding hydrogens is 344 g/mol. The number of methoxy groups -OCH3 is 1. The topological polar surface area (TPSA) is 119 Å². The lowest BCUT2D eigenvalue weighted by molar-refractivity contribution is 0.0593. The van der Waals surface area contributed by atoms with Crippen LogP contribution in [0.5, 0.6) is 0 Å². The summed E-state index contributed by atoms with van der Waals surface area (Å²) in [6.07, 6.45) is 1.51. The standard InChI is InChI=1S/C19H18N6O2/c1-11-8-12(2)23-19(22-11)24-14-4-6-15(7-5-14)25-10-13(9-20)16(21)17(25)18(26)27-3/h4-8,10H,21H2,1-3H3,(H,22,23,24). The van der Waals surface area contributed by atoms with Gasteiger partial charge in [-0.05, 0) is 44.2 Å². The lowest BCUT2D eigenvalue weighted by atomic mass is 10.2. The Morgan fingerprint density at radius 2 is 1.85 bits per heavy atom. The fraction of sp³-hybridized carbons (Fsp3) is 0.158. The van der Waals surface area contributed by atoms with Crippen LogP contribution >= 0.6 is 0 Å². The van der Waals surface area contributed by atoms with Crippen LogP contribution in [0.2, 0.25) is 0 Å². The van der Waals surface area contributed by atoms with Crippen molar-refractivity contribution in [3.05, 3.63) is 59.2 Å². The van der Waals surface area contributed by atoms with Crippen LogP contribution in [-0.4, -0.2) is 27.6 Å². The first kappa shape index (κ1) is 17.9. The second-order valence-corrected chi connectivity index (χ2v) is 5.92. The minimum atomic E-state index is -0.611. The average molecular weight is 362 g/mol. The molecule has 136 valence electrons. The number of nitriles is 1. The molecule has 3 N–H and O–H groups in total. The Balaban J connectivity index is 1.94. The SMILES string of the molecule is COC(=O)c1c(N)c(C#N)cn1-c1ccc(Nc2nc(C)cc(C)n2)cc1. The zero-order chi connectivity index (χ0) is 19.6. The van der Waals surface area contributed by atoms with Gasteiger partial charge in [-0.15, -0.1) is 0 Å². The molecule has 3 rings (SSSR count). The molecule has 1 aromatic carbocycles. The molecule has 0 unspecified atom stereocenters. The number of hydrogen-bond donors (Lipinski definition) is 2. The molecule has 8 nitrogen and oxygen atoms in total. The summed E-state index contributed by atoms with van der Waals surface area (Å²) < 4.78 is 6.32. The molecule has 2 aromatic heterocycles. The largest absolute Gasteiger partial charge is 0.464 e. The molecule has 0 aliphatic heterocycles. The summed E-state index contributed by atoms with van der Waals surface area (Å²) in [5.41, 5.74) is 9.52. The molecule has 0 amide bonds. The maximum Gasteiger partial charge on any atom is 0.357 e. The summed E-state index contributed by atoms with van der Waals surface area (Å²) in [5.74, 6) is -0.104. The van der Waals surface area contributed by atoms with Crippen molar-refractivity contribution in [1.82, 2.24) is 14.5 Å². The third kappa shape index (κ3) is 3.57. The molecule has 0 saturated heterocycles. The number of carbonyl (C=O) groups excluding carboxylic acids is 1. The van der Waals surface area contributed by atoms with Crippen molar-refractivity contribution in [2.75, 3.05) is 18.2 Å². The lowest BCUT2D eigenvalue weighted by Gasteiger charge is -2.10. The third-order valence-electron chi connectivity index (χ3n) is 3.93. The van der Waals surface area contributed by atoms with Gasteiger partial charge in [0.2, 0.25) is 5.95 Å². The number of ether oxygens (including phenoxy) is 1. The summed E-state index contributed by atoms with van der Waals surface area (Å²) in [7, 11) is 1.27. The number of esters is 1. The van der Waals surface area contributed by atoms with Gasteiger partial charge in [0, 0.05) is 29.0 Å². The molecule has 8 heteroatoms. The van der Waals surface area contributed by atoms with Crippen molar-refractivity contribution >= 4 is 23.3 Å². The predicted octanol–water partition coefficient (Wildman–Crippen LogP) is 2.87. The van der Waals surface area contributed by atoms with Gasteiger partial charge < -0.3 is 20.4 Å². The molecule has 0 bridgehead atoms. The number of aromatic nitrogens is 3. The molecular formula is C19H18N6O2. The normalized spacial score (nSPS) is 10.3. The Kier molecular flexibility index (Phi) is 4.77. The van der Waals surface area contributed by atoms with Gasteiger partial charge in [-0.1, -0.05) is 0 Å². The Morgan fingerprint density at radius 1 is 1.22 bits per heavy atom. The highest BCUT2D eigenvalue weighted by molar-refractivity contribution is 5.96. The molecule has 3 aromatic rings. The molecule has 0 radical (unpaired) electrons. The van der Waals surface area contributed by atoms with Crippen molar-refractivity contribution in [2.24, 2.45) is 0 Å². The number of rotatable bonds is 4. The quantitative estimate of drug-likeness (QED) is 0.685. The second kappa shape index (κ2) is 7.17. The summed E-state index contributed by atoms with van der Waals surface area (Å²) in [6, 6.07) is 11.1. The summed E-state index contributed by atoms with van der Waals surface area (Å²) in [5, 5.41) is 12.3. The zero-order valence-electron chi connectivity index (χ0n) is 15.1. The van der Waals surface area contributed by atoms with Crippen LogP contribution in [-0.2, 0) is 4.74 Å². The molecule has 2 heterocycles. The van der Waals surface area contributed by atoms with Gasteiger partial charge in [-0.3, -0.25) is 0 Å². The molecule has 27 heavy (non-hydrogen) atoms. The van der Waals surface area contributed by atoms with Crippen LogP contribution < -0.4 is 11.1 Å². The number of nitrogens with zero attached hydrogens (tertiary/aromatic N) is 4. The minimum absolute atomic E-state index is 0.0928. The van der Waals surface area contributed by atoms with E-state index >= 15 is 0 Å². The lowest BCUT2D eigenvalue weighted by Crippen LogP contribution is -2.11. The zero-order valence-corrected chi connectivity index (χ0v) is 15.1. The number of carbonyl (C=O) groups is 1. The minimum Gasteiger partial charge on any atom is -0.464 e. The fourth-order valence-electron chi connectivity index (χ4n) is 2.73. The van der Waals surface area contributed by atoms with E-state index in [1.807, 2.05) is 38.1 Å². The van der Waals surface area contributed by atoms with Gasteiger partial charge in [0.1, 0.15) is 6.07 Å². The summed E-state index contributed by atoms with van der Waals surface area (Å²) in [4.78, 5) is 20.8. The van der Waals surface area contributed by atoms with Crippen LogP contribution in [0.4, 0.5) is 17.3 Å². The number of anilines is 3. The number of benzene rings is 1. The molecule has 0 atom stereocenters. The maximum atomic E-state index is 12.1. The van der Waals surface area contributed by atoms with E-state index in [1.165, 1.54) is 17.9 Å². The number of nitrogen functional groups attached to an aromatic ring is 1. The fourth-order valence-corrected chi connectivity index (χ4v) is 2.73. The highest BCUT2D eigenvalue weighted by atomic mass is 16.5. The van der Waals surface area contributed by atoms with Gasteiger partial charge in [0.25, 0.3) is 0 Å². The Bertz CT molecular complexity index is 1030. The number of aryl methyl sites for hydroxylation is 2. The van der Waals surface area contributed by atoms with Crippen LogP contribution in [0.15, 0.2) is 36.5 Å². The van der Waals surface area contributed by atoms with Gasteiger partial charge in [0.15, 0.2) is 5.69 Å². The molecule has 0 spiro atoms. The van der Waals surface area contributed by atoms with Crippen LogP contribution in [0, 0.1) is 25.2 Å². The first-order valence-corrected chi connectivity index (χ1v) is 8.12. The van der Waals surface area contributed by atoms with E-state index in [2.05, 4.69) is 15.3 Å². The number of nitrogens with one attached hydrogen (secondary N) is 1. The maximum absolute atomic E-state index is 12.1. The summed E-state index contributed by atoms with van der Waals surface area (Å²) >= 11 is 0. The van der Waals surface area contributed by atoms with E-state index in [-0.39, 0.29) is 16.9 Å². The number of nitrogens with two attached hydrogens (primary N) is 1. The van der Waals surface area contributed by atoms with E-state index in [1.54, 1.807) is 12.1 Å². The molecule has 0 fully saturated rings. The average Bonchev–Trinajstić information content (AvgIpc) is 2.97. The van der Waals surface area contributed by atoms with Gasteiger partial charge in [0.05, 0.1) is 18.4 Å². The Morgan fingerprint density at radius 3 is 2.41 bits per heavy atom. The molecule has 0 saturated carbocycles.